The minimum atomic E-state index is 0.0758. The molecule has 1 aliphatic carbocycles. The highest BCUT2D eigenvalue weighted by molar-refractivity contribution is 5.11. The monoisotopic (exact) mass is 226 g/mol. The number of ether oxygens (including phenoxy) is 2. The third-order valence-electron chi connectivity index (χ3n) is 3.14. The summed E-state index contributed by atoms with van der Waals surface area (Å²) in [7, 11) is 0. The van der Waals surface area contributed by atoms with E-state index >= 15 is 0 Å². The Morgan fingerprint density at radius 3 is 2.31 bits per heavy atom. The quantitative estimate of drug-likeness (QED) is 0.694. The van der Waals surface area contributed by atoms with Gasteiger partial charge in [0.2, 0.25) is 0 Å². The minimum absolute atomic E-state index is 0.0758. The molecule has 2 rings (SSSR count). The lowest BCUT2D eigenvalue weighted by Crippen LogP contribution is -2.33. The van der Waals surface area contributed by atoms with Crippen molar-refractivity contribution in [1.29, 1.82) is 0 Å². The Morgan fingerprint density at radius 1 is 1.31 bits per heavy atom. The molecule has 92 valence electrons. The van der Waals surface area contributed by atoms with Crippen molar-refractivity contribution >= 4 is 6.79 Å². The van der Waals surface area contributed by atoms with E-state index in [4.69, 9.17) is 14.3 Å². The first-order chi connectivity index (χ1) is 7.73. The van der Waals surface area contributed by atoms with Gasteiger partial charge in [-0.1, -0.05) is 11.6 Å². The molecule has 0 amide bonds. The highest BCUT2D eigenvalue weighted by Crippen LogP contribution is 2.54. The van der Waals surface area contributed by atoms with E-state index in [9.17, 15) is 0 Å². The van der Waals surface area contributed by atoms with Crippen LogP contribution in [0.25, 0.3) is 0 Å². The molecule has 1 saturated heterocycles. The average Bonchev–Trinajstić information content (AvgIpc) is 3.11. The summed E-state index contributed by atoms with van der Waals surface area (Å²) in [6.45, 7) is 8.06. The highest BCUT2D eigenvalue weighted by atomic mass is 16.7. The summed E-state index contributed by atoms with van der Waals surface area (Å²) in [5.74, 6) is 0. The lowest BCUT2D eigenvalue weighted by atomic mass is 10.00. The lowest BCUT2D eigenvalue weighted by molar-refractivity contribution is -0.212. The molecule has 1 saturated carbocycles. The number of hydrogen-bond donors (Lipinski definition) is 0. The van der Waals surface area contributed by atoms with Crippen LogP contribution in [0.5, 0.6) is 0 Å². The Morgan fingerprint density at radius 2 is 1.88 bits per heavy atom. The summed E-state index contributed by atoms with van der Waals surface area (Å²) in [6, 6.07) is 0. The first kappa shape index (κ1) is 13.4. The van der Waals surface area contributed by atoms with Gasteiger partial charge in [0.25, 0.3) is 0 Å². The Bertz CT molecular complexity index is 234. The van der Waals surface area contributed by atoms with Crippen LogP contribution in [-0.2, 0) is 14.3 Å². The highest BCUT2D eigenvalue weighted by Gasteiger charge is 2.50. The van der Waals surface area contributed by atoms with Crippen molar-refractivity contribution in [3.8, 4) is 0 Å². The molecule has 0 radical (unpaired) electrons. The molecule has 0 N–H and O–H groups in total. The van der Waals surface area contributed by atoms with Gasteiger partial charge in [0.1, 0.15) is 6.79 Å². The fourth-order valence-electron chi connectivity index (χ4n) is 1.95. The normalized spacial score (nSPS) is 22.9. The van der Waals surface area contributed by atoms with E-state index in [1.165, 1.54) is 18.4 Å². The Labute approximate surface area is 97.8 Å². The van der Waals surface area contributed by atoms with Gasteiger partial charge in [-0.15, -0.1) is 0 Å². The summed E-state index contributed by atoms with van der Waals surface area (Å²) < 4.78 is 11.4. The molecule has 3 heteroatoms. The molecule has 2 fully saturated rings. The molecule has 0 atom stereocenters. The molecular formula is C13H22O3. The number of carbonyl (C=O) groups excluding carboxylic acids is 1. The van der Waals surface area contributed by atoms with Crippen molar-refractivity contribution in [2.45, 2.75) is 45.8 Å². The van der Waals surface area contributed by atoms with Gasteiger partial charge in [0, 0.05) is 5.41 Å². The molecule has 1 aliphatic heterocycles. The van der Waals surface area contributed by atoms with Crippen LogP contribution < -0.4 is 0 Å². The molecule has 2 aliphatic rings. The fourth-order valence-corrected chi connectivity index (χ4v) is 1.95. The Kier molecular flexibility index (Phi) is 5.16. The molecule has 16 heavy (non-hydrogen) atoms. The van der Waals surface area contributed by atoms with E-state index in [2.05, 4.69) is 19.9 Å². The first-order valence-electron chi connectivity index (χ1n) is 5.88. The third kappa shape index (κ3) is 3.42. The van der Waals surface area contributed by atoms with Gasteiger partial charge in [-0.2, -0.15) is 0 Å². The zero-order valence-electron chi connectivity index (χ0n) is 10.3. The van der Waals surface area contributed by atoms with Crippen LogP contribution in [0.2, 0.25) is 0 Å². The summed E-state index contributed by atoms with van der Waals surface area (Å²) in [5, 5.41) is 0. The lowest BCUT2D eigenvalue weighted by Gasteiger charge is -2.30. The topological polar surface area (TPSA) is 35.5 Å². The van der Waals surface area contributed by atoms with Crippen LogP contribution in [-0.4, -0.2) is 26.3 Å². The van der Waals surface area contributed by atoms with E-state index in [1.54, 1.807) is 0 Å². The maximum absolute atomic E-state index is 8.00. The van der Waals surface area contributed by atoms with E-state index in [0.29, 0.717) is 5.41 Å². The SMILES string of the molecule is C=O.CC(C)=CCC1(C2OCCCO2)CC1. The smallest absolute Gasteiger partial charge is 0.163 e. The van der Waals surface area contributed by atoms with Crippen LogP contribution >= 0.6 is 0 Å². The van der Waals surface area contributed by atoms with Crippen molar-refractivity contribution < 1.29 is 14.3 Å². The van der Waals surface area contributed by atoms with Crippen LogP contribution in [0.1, 0.15) is 39.5 Å². The van der Waals surface area contributed by atoms with Gasteiger partial charge in [-0.25, -0.2) is 0 Å². The standard InChI is InChI=1S/C12H20O2.CH2O/c1-10(2)4-5-12(6-7-12)11-13-8-3-9-14-11;1-2/h4,11H,3,5-9H2,1-2H3;1H2. The zero-order chi connectivity index (χ0) is 12.0. The van der Waals surface area contributed by atoms with Gasteiger partial charge in [-0.05, 0) is 39.5 Å². The summed E-state index contributed by atoms with van der Waals surface area (Å²) in [6.07, 6.45) is 7.10. The van der Waals surface area contributed by atoms with Gasteiger partial charge >= 0.3 is 0 Å². The van der Waals surface area contributed by atoms with Crippen molar-refractivity contribution in [2.75, 3.05) is 13.2 Å². The molecule has 0 spiro atoms. The van der Waals surface area contributed by atoms with E-state index in [0.717, 1.165) is 26.1 Å². The van der Waals surface area contributed by atoms with E-state index < -0.39 is 0 Å². The molecule has 0 unspecified atom stereocenters. The number of carbonyl (C=O) groups is 1. The van der Waals surface area contributed by atoms with Crippen LogP contribution in [0, 0.1) is 5.41 Å². The van der Waals surface area contributed by atoms with Gasteiger partial charge < -0.3 is 14.3 Å². The minimum Gasteiger partial charge on any atom is -0.352 e. The molecule has 0 bridgehead atoms. The maximum atomic E-state index is 8.00. The summed E-state index contributed by atoms with van der Waals surface area (Å²) in [4.78, 5) is 8.00. The summed E-state index contributed by atoms with van der Waals surface area (Å²) >= 11 is 0. The number of hydrogen-bond acceptors (Lipinski definition) is 3. The number of allylic oxidation sites excluding steroid dienone is 2. The molecule has 3 nitrogen and oxygen atoms in total. The average molecular weight is 226 g/mol. The van der Waals surface area contributed by atoms with Crippen LogP contribution in [0.3, 0.4) is 0 Å². The van der Waals surface area contributed by atoms with Crippen LogP contribution in [0.15, 0.2) is 11.6 Å². The zero-order valence-corrected chi connectivity index (χ0v) is 10.3. The van der Waals surface area contributed by atoms with Crippen molar-refractivity contribution in [3.05, 3.63) is 11.6 Å². The van der Waals surface area contributed by atoms with Crippen molar-refractivity contribution in [1.82, 2.24) is 0 Å². The second-order valence-electron chi connectivity index (χ2n) is 4.78. The van der Waals surface area contributed by atoms with Gasteiger partial charge in [0.05, 0.1) is 13.2 Å². The Hall–Kier alpha value is -0.670. The van der Waals surface area contributed by atoms with Crippen molar-refractivity contribution in [3.63, 3.8) is 0 Å². The third-order valence-corrected chi connectivity index (χ3v) is 3.14. The predicted molar refractivity (Wildman–Crippen MR) is 63.1 cm³/mol. The van der Waals surface area contributed by atoms with Crippen LogP contribution in [0.4, 0.5) is 0 Å². The Balaban J connectivity index is 0.000000606. The second-order valence-corrected chi connectivity index (χ2v) is 4.78. The fraction of sp³-hybridized carbons (Fsp3) is 0.769. The maximum Gasteiger partial charge on any atom is 0.163 e. The number of rotatable bonds is 3. The molecule has 0 aromatic carbocycles. The largest absolute Gasteiger partial charge is 0.352 e. The molecule has 0 aromatic rings. The second kappa shape index (κ2) is 6.16. The van der Waals surface area contributed by atoms with E-state index in [1.807, 2.05) is 6.79 Å². The van der Waals surface area contributed by atoms with Crippen molar-refractivity contribution in [2.24, 2.45) is 5.41 Å². The van der Waals surface area contributed by atoms with Gasteiger partial charge in [0.15, 0.2) is 6.29 Å². The molecule has 0 aromatic heterocycles. The van der Waals surface area contributed by atoms with Gasteiger partial charge in [-0.3, -0.25) is 0 Å². The summed E-state index contributed by atoms with van der Waals surface area (Å²) in [5.41, 5.74) is 1.73. The first-order valence-corrected chi connectivity index (χ1v) is 5.88. The van der Waals surface area contributed by atoms with E-state index in [-0.39, 0.29) is 6.29 Å². The predicted octanol–water partition coefficient (Wildman–Crippen LogP) is 2.70. The molecular weight excluding hydrogens is 204 g/mol. The molecule has 1 heterocycles.